The molecular formula is C48H31N. The lowest BCUT2D eigenvalue weighted by atomic mass is 9.75. The molecule has 0 radical (unpaired) electrons. The Bertz CT molecular complexity index is 2800. The summed E-state index contributed by atoms with van der Waals surface area (Å²) in [5, 5.41) is 5.32. The zero-order valence-corrected chi connectivity index (χ0v) is 26.9. The lowest BCUT2D eigenvalue weighted by Crippen LogP contribution is -2.12. The van der Waals surface area contributed by atoms with Crippen LogP contribution in [0.4, 0.5) is 0 Å². The van der Waals surface area contributed by atoms with E-state index in [2.05, 4.69) is 174 Å². The maximum Gasteiger partial charge on any atom is 0.0548 e. The standard InChI is InChI=1S/C48H31N/c1-2-11-30(12-3-1)43-29-34-27-33(23-25-36(34)37-16-4-7-19-40(37)43)32-14-8-15-35(28-32)49-44-22-10-21-42-39-18-6-5-17-38(39)41-20-9-13-31-24-26-45(49)48(46(31)41)47(42)44/h1-28,43H,29H2. The molecule has 0 N–H and O–H groups in total. The second-order valence-corrected chi connectivity index (χ2v) is 13.6. The summed E-state index contributed by atoms with van der Waals surface area (Å²) in [6.07, 6.45) is 0.996. The van der Waals surface area contributed by atoms with Crippen LogP contribution in [-0.2, 0) is 6.42 Å². The monoisotopic (exact) mass is 621 g/mol. The van der Waals surface area contributed by atoms with Crippen LogP contribution in [0.1, 0.15) is 22.6 Å². The van der Waals surface area contributed by atoms with E-state index in [1.54, 1.807) is 0 Å². The quantitative estimate of drug-likeness (QED) is 0.185. The van der Waals surface area contributed by atoms with Crippen molar-refractivity contribution >= 4 is 32.6 Å². The molecule has 8 aromatic carbocycles. The van der Waals surface area contributed by atoms with Crippen LogP contribution in [0.15, 0.2) is 170 Å². The molecule has 9 aromatic rings. The molecule has 1 heterocycles. The number of rotatable bonds is 3. The molecule has 1 nitrogen and oxygen atoms in total. The SMILES string of the molecule is c1ccc(C2Cc3cc(-c4cccc(-n5c6cccc7c6c6c8c(cccc8ccc65)-c5ccccc5-7)c4)ccc3-c3ccccc32)cc1. The maximum absolute atomic E-state index is 2.49. The molecule has 0 amide bonds. The van der Waals surface area contributed by atoms with E-state index >= 15 is 0 Å². The van der Waals surface area contributed by atoms with Gasteiger partial charge in [-0.2, -0.15) is 0 Å². The Labute approximate surface area is 285 Å². The van der Waals surface area contributed by atoms with Crippen LogP contribution < -0.4 is 0 Å². The van der Waals surface area contributed by atoms with E-state index in [9.17, 15) is 0 Å². The predicted octanol–water partition coefficient (Wildman–Crippen LogP) is 12.6. The van der Waals surface area contributed by atoms with Gasteiger partial charge in [-0.05, 0) is 103 Å². The van der Waals surface area contributed by atoms with Crippen molar-refractivity contribution in [2.45, 2.75) is 12.3 Å². The first kappa shape index (κ1) is 26.8. The van der Waals surface area contributed by atoms with Crippen LogP contribution in [0.5, 0.6) is 0 Å². The van der Waals surface area contributed by atoms with Crippen molar-refractivity contribution in [1.29, 1.82) is 0 Å². The zero-order valence-electron chi connectivity index (χ0n) is 26.9. The van der Waals surface area contributed by atoms with Crippen molar-refractivity contribution < 1.29 is 0 Å². The molecule has 2 aliphatic carbocycles. The maximum atomic E-state index is 2.49. The summed E-state index contributed by atoms with van der Waals surface area (Å²) < 4.78 is 2.49. The van der Waals surface area contributed by atoms with Crippen LogP contribution in [-0.4, -0.2) is 4.57 Å². The summed E-state index contributed by atoms with van der Waals surface area (Å²) in [6.45, 7) is 0. The predicted molar refractivity (Wildman–Crippen MR) is 206 cm³/mol. The van der Waals surface area contributed by atoms with Gasteiger partial charge in [0, 0.05) is 22.4 Å². The molecule has 0 bridgehead atoms. The smallest absolute Gasteiger partial charge is 0.0548 e. The third-order valence-corrected chi connectivity index (χ3v) is 11.1. The van der Waals surface area contributed by atoms with Gasteiger partial charge in [0.2, 0.25) is 0 Å². The Morgan fingerprint density at radius 2 is 1.08 bits per heavy atom. The fourth-order valence-electron chi connectivity index (χ4n) is 8.99. The van der Waals surface area contributed by atoms with Crippen molar-refractivity contribution in [2.24, 2.45) is 0 Å². The number of benzene rings is 8. The summed E-state index contributed by atoms with van der Waals surface area (Å²) in [6, 6.07) is 63.3. The molecule has 0 aliphatic heterocycles. The molecule has 0 fully saturated rings. The van der Waals surface area contributed by atoms with E-state index in [1.165, 1.54) is 99.5 Å². The van der Waals surface area contributed by atoms with Gasteiger partial charge in [-0.3, -0.25) is 0 Å². The minimum absolute atomic E-state index is 0.349. The van der Waals surface area contributed by atoms with Crippen molar-refractivity contribution in [3.63, 3.8) is 0 Å². The highest BCUT2D eigenvalue weighted by molar-refractivity contribution is 6.30. The second kappa shape index (κ2) is 10.2. The van der Waals surface area contributed by atoms with E-state index in [4.69, 9.17) is 0 Å². The van der Waals surface area contributed by atoms with E-state index in [-0.39, 0.29) is 0 Å². The molecular weight excluding hydrogens is 591 g/mol. The van der Waals surface area contributed by atoms with Gasteiger partial charge in [0.25, 0.3) is 0 Å². The number of nitrogens with zero attached hydrogens (tertiary/aromatic N) is 1. The molecule has 0 saturated carbocycles. The van der Waals surface area contributed by atoms with Crippen molar-refractivity contribution in [3.05, 3.63) is 187 Å². The largest absolute Gasteiger partial charge is 0.309 e. The lowest BCUT2D eigenvalue weighted by molar-refractivity contribution is 0.794. The highest BCUT2D eigenvalue weighted by Crippen LogP contribution is 2.50. The first-order valence-electron chi connectivity index (χ1n) is 17.3. The van der Waals surface area contributed by atoms with Gasteiger partial charge >= 0.3 is 0 Å². The first-order valence-corrected chi connectivity index (χ1v) is 17.3. The lowest BCUT2D eigenvalue weighted by Gasteiger charge is -2.29. The van der Waals surface area contributed by atoms with Gasteiger partial charge in [-0.1, -0.05) is 146 Å². The Balaban J connectivity index is 1.11. The van der Waals surface area contributed by atoms with Gasteiger partial charge in [0.1, 0.15) is 0 Å². The van der Waals surface area contributed by atoms with Crippen LogP contribution in [0, 0.1) is 0 Å². The summed E-state index contributed by atoms with van der Waals surface area (Å²) in [5.41, 5.74) is 18.3. The summed E-state index contributed by atoms with van der Waals surface area (Å²) in [7, 11) is 0. The third-order valence-electron chi connectivity index (χ3n) is 11.1. The molecule has 2 aliphatic rings. The third kappa shape index (κ3) is 3.82. The summed E-state index contributed by atoms with van der Waals surface area (Å²) in [5.74, 6) is 0.349. The van der Waals surface area contributed by atoms with E-state index in [0.717, 1.165) is 6.42 Å². The average Bonchev–Trinajstić information content (AvgIpc) is 3.46. The number of hydrogen-bond donors (Lipinski definition) is 0. The summed E-state index contributed by atoms with van der Waals surface area (Å²) >= 11 is 0. The van der Waals surface area contributed by atoms with Crippen molar-refractivity contribution in [2.75, 3.05) is 0 Å². The zero-order chi connectivity index (χ0) is 32.1. The minimum atomic E-state index is 0.349. The Kier molecular flexibility index (Phi) is 5.57. The molecule has 0 saturated heterocycles. The van der Waals surface area contributed by atoms with Crippen molar-refractivity contribution in [3.8, 4) is 50.2 Å². The summed E-state index contributed by atoms with van der Waals surface area (Å²) in [4.78, 5) is 0. The Morgan fingerprint density at radius 1 is 0.408 bits per heavy atom. The van der Waals surface area contributed by atoms with E-state index < -0.39 is 0 Å². The topological polar surface area (TPSA) is 4.93 Å². The van der Waals surface area contributed by atoms with Gasteiger partial charge in [-0.25, -0.2) is 0 Å². The number of fused-ring (bicyclic) bond motifs is 6. The van der Waals surface area contributed by atoms with Crippen molar-refractivity contribution in [1.82, 2.24) is 4.57 Å². The molecule has 49 heavy (non-hydrogen) atoms. The molecule has 11 rings (SSSR count). The molecule has 0 spiro atoms. The molecule has 1 unspecified atom stereocenters. The number of aromatic nitrogens is 1. The molecule has 1 heteroatoms. The second-order valence-electron chi connectivity index (χ2n) is 13.6. The highest BCUT2D eigenvalue weighted by Gasteiger charge is 2.27. The van der Waals surface area contributed by atoms with Gasteiger partial charge in [0.15, 0.2) is 0 Å². The first-order chi connectivity index (χ1) is 24.3. The average molecular weight is 622 g/mol. The van der Waals surface area contributed by atoms with E-state index in [1.807, 2.05) is 0 Å². The van der Waals surface area contributed by atoms with Gasteiger partial charge < -0.3 is 4.57 Å². The van der Waals surface area contributed by atoms with Gasteiger partial charge in [0.05, 0.1) is 11.0 Å². The molecule has 228 valence electrons. The highest BCUT2D eigenvalue weighted by atomic mass is 15.0. The molecule has 1 aromatic heterocycles. The van der Waals surface area contributed by atoms with Crippen LogP contribution in [0.25, 0.3) is 82.8 Å². The Morgan fingerprint density at radius 3 is 1.94 bits per heavy atom. The molecule has 1 atom stereocenters. The fraction of sp³-hybridized carbons (Fsp3) is 0.0417. The van der Waals surface area contributed by atoms with Crippen LogP contribution >= 0.6 is 0 Å². The van der Waals surface area contributed by atoms with Gasteiger partial charge in [-0.15, -0.1) is 0 Å². The Hall–Kier alpha value is -6.18. The fourth-order valence-corrected chi connectivity index (χ4v) is 8.99. The van der Waals surface area contributed by atoms with Crippen LogP contribution in [0.3, 0.4) is 0 Å². The normalized spacial score (nSPS) is 14.2. The van der Waals surface area contributed by atoms with E-state index in [0.29, 0.717) is 5.92 Å². The van der Waals surface area contributed by atoms with Crippen LogP contribution in [0.2, 0.25) is 0 Å². The number of hydrogen-bond acceptors (Lipinski definition) is 0. The minimum Gasteiger partial charge on any atom is -0.309 e.